The Balaban J connectivity index is 1.70. The quantitative estimate of drug-likeness (QED) is 0.685. The van der Waals surface area contributed by atoms with E-state index in [1.54, 1.807) is 0 Å². The van der Waals surface area contributed by atoms with Gasteiger partial charge in [0.25, 0.3) is 0 Å². The van der Waals surface area contributed by atoms with Crippen LogP contribution in [0.3, 0.4) is 0 Å². The summed E-state index contributed by atoms with van der Waals surface area (Å²) in [5.74, 6) is 1.31. The molecule has 0 radical (unpaired) electrons. The minimum Gasteiger partial charge on any atom is -0.481 e. The number of Topliss-reactive ketones (excluding diaryl/α,β-unsaturated/α-hetero) is 1. The molecule has 0 aliphatic heterocycles. The van der Waals surface area contributed by atoms with Gasteiger partial charge < -0.3 is 10.2 Å². The zero-order chi connectivity index (χ0) is 21.2. The Morgan fingerprint density at radius 3 is 2.52 bits per heavy atom. The van der Waals surface area contributed by atoms with Crippen LogP contribution in [0.2, 0.25) is 0 Å². The van der Waals surface area contributed by atoms with Crippen LogP contribution in [0.1, 0.15) is 91.9 Å². The first-order valence-electron chi connectivity index (χ1n) is 12.0. The van der Waals surface area contributed by atoms with Crippen LogP contribution < -0.4 is 0 Å². The van der Waals surface area contributed by atoms with E-state index >= 15 is 0 Å². The summed E-state index contributed by atoms with van der Waals surface area (Å²) in [5.41, 5.74) is -1.24. The van der Waals surface area contributed by atoms with E-state index in [9.17, 15) is 19.8 Å². The molecule has 4 fully saturated rings. The van der Waals surface area contributed by atoms with Gasteiger partial charge in [0.05, 0.1) is 11.5 Å². The monoisotopic (exact) mass is 404 g/mol. The van der Waals surface area contributed by atoms with Crippen LogP contribution >= 0.6 is 0 Å². The smallest absolute Gasteiger partial charge is 0.310 e. The number of rotatable bonds is 4. The Labute approximate surface area is 175 Å². The average molecular weight is 405 g/mol. The van der Waals surface area contributed by atoms with Crippen molar-refractivity contribution >= 4 is 11.8 Å². The highest BCUT2D eigenvalue weighted by molar-refractivity contribution is 5.91. The van der Waals surface area contributed by atoms with E-state index in [0.717, 1.165) is 25.7 Å². The zero-order valence-corrected chi connectivity index (χ0v) is 18.7. The lowest BCUT2D eigenvalue weighted by atomic mass is 9.39. The maximum absolute atomic E-state index is 13.6. The number of carboxylic acid groups (broad SMARTS) is 1. The average Bonchev–Trinajstić information content (AvgIpc) is 3.00. The fourth-order valence-corrected chi connectivity index (χ4v) is 9.02. The first-order valence-corrected chi connectivity index (χ1v) is 12.0. The summed E-state index contributed by atoms with van der Waals surface area (Å²) in [4.78, 5) is 26.1. The molecule has 0 heterocycles. The summed E-state index contributed by atoms with van der Waals surface area (Å²) < 4.78 is 0. The molecule has 0 aromatic carbocycles. The van der Waals surface area contributed by atoms with Gasteiger partial charge in [0.2, 0.25) is 0 Å². The van der Waals surface area contributed by atoms with Crippen LogP contribution in [0.5, 0.6) is 0 Å². The van der Waals surface area contributed by atoms with Crippen LogP contribution in [-0.2, 0) is 9.59 Å². The first-order chi connectivity index (χ1) is 13.6. The van der Waals surface area contributed by atoms with Gasteiger partial charge in [-0.3, -0.25) is 9.59 Å². The number of carbonyl (C=O) groups is 2. The summed E-state index contributed by atoms with van der Waals surface area (Å²) in [6.45, 7) is 9.25. The molecule has 0 aromatic heterocycles. The second-order valence-electron chi connectivity index (χ2n) is 11.6. The van der Waals surface area contributed by atoms with Crippen LogP contribution in [-0.4, -0.2) is 28.1 Å². The number of carbonyl (C=O) groups excluding carboxylic acids is 1. The van der Waals surface area contributed by atoms with Crippen molar-refractivity contribution in [2.75, 3.05) is 0 Å². The molecule has 0 aromatic rings. The Morgan fingerprint density at radius 1 is 1.14 bits per heavy atom. The third-order valence-electron chi connectivity index (χ3n) is 10.5. The lowest BCUT2D eigenvalue weighted by Crippen LogP contribution is -2.64. The summed E-state index contributed by atoms with van der Waals surface area (Å²) >= 11 is 0. The Morgan fingerprint density at radius 2 is 1.86 bits per heavy atom. The molecule has 29 heavy (non-hydrogen) atoms. The highest BCUT2D eigenvalue weighted by atomic mass is 16.4. The van der Waals surface area contributed by atoms with Crippen molar-refractivity contribution < 1.29 is 19.8 Å². The Hall–Kier alpha value is -0.900. The summed E-state index contributed by atoms with van der Waals surface area (Å²) in [6.07, 6.45) is 8.08. The van der Waals surface area contributed by atoms with E-state index in [-0.39, 0.29) is 41.3 Å². The van der Waals surface area contributed by atoms with Gasteiger partial charge in [-0.1, -0.05) is 40.5 Å². The normalized spacial score (nSPS) is 50.4. The molecule has 4 nitrogen and oxygen atoms in total. The number of aliphatic carboxylic acids is 1. The van der Waals surface area contributed by atoms with Gasteiger partial charge in [-0.25, -0.2) is 0 Å². The predicted octanol–water partition coefficient (Wildman–Crippen LogP) is 5.08. The van der Waals surface area contributed by atoms with Gasteiger partial charge in [-0.2, -0.15) is 0 Å². The molecule has 0 amide bonds. The topological polar surface area (TPSA) is 74.6 Å². The van der Waals surface area contributed by atoms with E-state index < -0.39 is 17.5 Å². The predicted molar refractivity (Wildman–Crippen MR) is 112 cm³/mol. The molecule has 2 N–H and O–H groups in total. The minimum atomic E-state index is -1.08. The molecule has 164 valence electrons. The molecule has 9 atom stereocenters. The minimum absolute atomic E-state index is 0.0281. The van der Waals surface area contributed by atoms with E-state index in [0.29, 0.717) is 24.2 Å². The van der Waals surface area contributed by atoms with Crippen molar-refractivity contribution in [1.82, 2.24) is 0 Å². The number of hydrogen-bond acceptors (Lipinski definition) is 3. The van der Waals surface area contributed by atoms with E-state index in [1.165, 1.54) is 19.3 Å². The molecular formula is C25H40O4. The fourth-order valence-electron chi connectivity index (χ4n) is 9.02. The fraction of sp³-hybridized carbons (Fsp3) is 0.920. The maximum Gasteiger partial charge on any atom is 0.310 e. The molecule has 4 aliphatic carbocycles. The third-order valence-corrected chi connectivity index (χ3v) is 10.5. The highest BCUT2D eigenvalue weighted by Crippen LogP contribution is 2.70. The summed E-state index contributed by atoms with van der Waals surface area (Å²) in [7, 11) is 0. The van der Waals surface area contributed by atoms with Crippen LogP contribution in [0, 0.1) is 45.8 Å². The second-order valence-corrected chi connectivity index (χ2v) is 11.6. The van der Waals surface area contributed by atoms with Gasteiger partial charge in [0, 0.05) is 12.3 Å². The molecule has 4 saturated carbocycles. The van der Waals surface area contributed by atoms with Gasteiger partial charge >= 0.3 is 5.97 Å². The van der Waals surface area contributed by atoms with Crippen LogP contribution in [0.15, 0.2) is 0 Å². The standard InChI is InChI=1S/C25H40O4/c1-5-6-15(2)17-7-8-18-21-19(10-11-23(17,18)3)24(4)12-9-16(26)13-25(24,22(28)29)14-20(21)27/h15-19,21,26H,5-14H2,1-4H3,(H,28,29)/t15-,16?,17-,18+,19+,21+,23-,24-,25?/m1/s1. The molecule has 0 saturated heterocycles. The van der Waals surface area contributed by atoms with Crippen molar-refractivity contribution in [2.45, 2.75) is 98.0 Å². The van der Waals surface area contributed by atoms with E-state index in [4.69, 9.17) is 0 Å². The lowest BCUT2D eigenvalue weighted by Gasteiger charge is -2.63. The highest BCUT2D eigenvalue weighted by Gasteiger charge is 2.69. The number of carboxylic acids is 1. The second kappa shape index (κ2) is 7.07. The largest absolute Gasteiger partial charge is 0.481 e. The van der Waals surface area contributed by atoms with Crippen molar-refractivity contribution in [1.29, 1.82) is 0 Å². The summed E-state index contributed by atoms with van der Waals surface area (Å²) in [5, 5.41) is 20.6. The molecule has 0 bridgehead atoms. The van der Waals surface area contributed by atoms with Gasteiger partial charge in [0.15, 0.2) is 0 Å². The number of ketones is 1. The van der Waals surface area contributed by atoms with E-state index in [1.807, 2.05) is 0 Å². The number of hydrogen-bond donors (Lipinski definition) is 2. The number of fused-ring (bicyclic) bond motifs is 5. The summed E-state index contributed by atoms with van der Waals surface area (Å²) in [6, 6.07) is 0. The third kappa shape index (κ3) is 2.80. The van der Waals surface area contributed by atoms with E-state index in [2.05, 4.69) is 27.7 Å². The van der Waals surface area contributed by atoms with Crippen molar-refractivity contribution in [2.24, 2.45) is 45.8 Å². The van der Waals surface area contributed by atoms with Crippen LogP contribution in [0.25, 0.3) is 0 Å². The van der Waals surface area contributed by atoms with Crippen molar-refractivity contribution in [3.8, 4) is 0 Å². The van der Waals surface area contributed by atoms with Gasteiger partial charge in [-0.15, -0.1) is 0 Å². The SMILES string of the molecule is CCC[C@@H](C)[C@H]1CC[C@H]2[C@@H]3C(=O)CC4(C(=O)O)CC(O)CC[C@]4(C)[C@H]3CC[C@]12C. The molecule has 0 spiro atoms. The molecular weight excluding hydrogens is 364 g/mol. The molecule has 4 heteroatoms. The lowest BCUT2D eigenvalue weighted by molar-refractivity contribution is -0.202. The Bertz CT molecular complexity index is 688. The zero-order valence-electron chi connectivity index (χ0n) is 18.7. The Kier molecular flexibility index (Phi) is 5.20. The molecule has 4 aliphatic rings. The number of aliphatic hydroxyl groups excluding tert-OH is 1. The number of aliphatic hydroxyl groups is 1. The van der Waals surface area contributed by atoms with Crippen molar-refractivity contribution in [3.63, 3.8) is 0 Å². The van der Waals surface area contributed by atoms with Gasteiger partial charge in [0.1, 0.15) is 5.78 Å². The molecule has 2 unspecified atom stereocenters. The van der Waals surface area contributed by atoms with Crippen molar-refractivity contribution in [3.05, 3.63) is 0 Å². The first kappa shape index (κ1) is 21.3. The molecule has 4 rings (SSSR count). The maximum atomic E-state index is 13.6. The van der Waals surface area contributed by atoms with Crippen LogP contribution in [0.4, 0.5) is 0 Å². The van der Waals surface area contributed by atoms with Gasteiger partial charge in [-0.05, 0) is 79.4 Å².